The first-order chi connectivity index (χ1) is 18.4. The molecule has 38 heavy (non-hydrogen) atoms. The molecule has 198 valence electrons. The number of nitrogens with one attached hydrogen (secondary N) is 2. The first-order valence-corrected chi connectivity index (χ1v) is 13.2. The van der Waals surface area contributed by atoms with Crippen molar-refractivity contribution in [2.75, 3.05) is 25.4 Å². The van der Waals surface area contributed by atoms with Gasteiger partial charge in [-0.05, 0) is 48.9 Å². The Balaban J connectivity index is 1.27. The fraction of sp³-hybridized carbons (Fsp3) is 0.346. The summed E-state index contributed by atoms with van der Waals surface area (Å²) >= 11 is 1.48. The minimum atomic E-state index is -1.16. The average molecular weight is 539 g/mol. The van der Waals surface area contributed by atoms with Crippen molar-refractivity contribution in [1.82, 2.24) is 15.5 Å². The van der Waals surface area contributed by atoms with Gasteiger partial charge in [0.15, 0.2) is 12.1 Å². The number of hydrogen-bond acceptors (Lipinski definition) is 9. The molecule has 3 aliphatic rings. The number of rotatable bonds is 9. The summed E-state index contributed by atoms with van der Waals surface area (Å²) < 4.78 is 11.0. The monoisotopic (exact) mass is 538 g/mol. The number of carbonyl (C=O) groups is 3. The number of nitro benzene ring substituents is 1. The molecule has 2 aromatic rings. The standard InChI is InChI=1S/C26H26N4O7S/c31-22(16-36-20-4-2-1-3-5-20)28-26(18-10-12-27-14-18)24(33)29-21(11-13-38-25(26)29)23(32)37-15-17-6-8-19(9-7-17)30(34)35/h1-9,11,18,25,27H,10,12-16H2,(H,28,31)/t18-,25-,26+/m0/s1. The third kappa shape index (κ3) is 4.84. The third-order valence-corrected chi connectivity index (χ3v) is 8.13. The van der Waals surface area contributed by atoms with Crippen LogP contribution in [0.25, 0.3) is 0 Å². The lowest BCUT2D eigenvalue weighted by Gasteiger charge is -2.59. The van der Waals surface area contributed by atoms with Gasteiger partial charge in [0.2, 0.25) is 0 Å². The molecule has 2 amide bonds. The van der Waals surface area contributed by atoms with Crippen LogP contribution in [0, 0.1) is 16.0 Å². The molecular formula is C26H26N4O7S. The van der Waals surface area contributed by atoms with Crippen LogP contribution in [0.4, 0.5) is 5.69 Å². The number of carbonyl (C=O) groups excluding carboxylic acids is 3. The Hall–Kier alpha value is -3.90. The van der Waals surface area contributed by atoms with E-state index in [4.69, 9.17) is 9.47 Å². The van der Waals surface area contributed by atoms with Crippen molar-refractivity contribution >= 4 is 35.2 Å². The number of esters is 1. The lowest BCUT2D eigenvalue weighted by atomic mass is 9.74. The number of amides is 2. The molecule has 2 saturated heterocycles. The maximum atomic E-state index is 13.7. The molecule has 0 spiro atoms. The molecule has 5 rings (SSSR count). The normalized spacial score (nSPS) is 24.1. The van der Waals surface area contributed by atoms with Gasteiger partial charge >= 0.3 is 5.97 Å². The number of β-lactam (4-membered cyclic amide) rings is 1. The van der Waals surface area contributed by atoms with Crippen molar-refractivity contribution in [2.45, 2.75) is 23.9 Å². The van der Waals surface area contributed by atoms with Crippen LogP contribution in [0.2, 0.25) is 0 Å². The van der Waals surface area contributed by atoms with Crippen molar-refractivity contribution < 1.29 is 28.8 Å². The number of non-ortho nitro benzene ring substituents is 1. The van der Waals surface area contributed by atoms with E-state index in [9.17, 15) is 24.5 Å². The van der Waals surface area contributed by atoms with Gasteiger partial charge in [0.25, 0.3) is 17.5 Å². The van der Waals surface area contributed by atoms with Crippen LogP contribution in [-0.2, 0) is 25.7 Å². The predicted molar refractivity (Wildman–Crippen MR) is 138 cm³/mol. The third-order valence-electron chi connectivity index (χ3n) is 6.88. The molecule has 0 radical (unpaired) electrons. The van der Waals surface area contributed by atoms with Crippen LogP contribution in [0.1, 0.15) is 12.0 Å². The van der Waals surface area contributed by atoms with E-state index in [1.807, 2.05) is 6.07 Å². The molecular weight excluding hydrogens is 512 g/mol. The molecule has 2 aromatic carbocycles. The molecule has 2 N–H and O–H groups in total. The summed E-state index contributed by atoms with van der Waals surface area (Å²) in [6.45, 7) is 0.962. The number of para-hydroxylation sites is 1. The van der Waals surface area contributed by atoms with Crippen molar-refractivity contribution in [1.29, 1.82) is 0 Å². The largest absolute Gasteiger partial charge is 0.484 e. The Morgan fingerprint density at radius 1 is 1.18 bits per heavy atom. The fourth-order valence-electron chi connectivity index (χ4n) is 4.99. The van der Waals surface area contributed by atoms with Crippen LogP contribution in [0.3, 0.4) is 0 Å². The smallest absolute Gasteiger partial charge is 0.355 e. The molecule has 0 bridgehead atoms. The first-order valence-electron chi connectivity index (χ1n) is 12.2. The van der Waals surface area contributed by atoms with Crippen LogP contribution in [0.5, 0.6) is 5.75 Å². The molecule has 0 aromatic heterocycles. The van der Waals surface area contributed by atoms with Gasteiger partial charge in [0, 0.05) is 30.3 Å². The van der Waals surface area contributed by atoms with Crippen molar-refractivity contribution in [3.63, 3.8) is 0 Å². The Bertz CT molecular complexity index is 1260. The number of thioether (sulfide) groups is 1. The van der Waals surface area contributed by atoms with Gasteiger partial charge in [-0.3, -0.25) is 24.6 Å². The second kappa shape index (κ2) is 10.8. The van der Waals surface area contributed by atoms with Gasteiger partial charge in [-0.15, -0.1) is 11.8 Å². The van der Waals surface area contributed by atoms with E-state index in [0.717, 1.165) is 6.54 Å². The SMILES string of the molecule is O=C(COc1ccccc1)N[C@]1([C@H]2CCNC2)C(=O)N2C(C(=O)OCc3ccc([N+](=O)[O-])cc3)=CCS[C@H]21. The van der Waals surface area contributed by atoms with Crippen LogP contribution in [0.15, 0.2) is 66.4 Å². The lowest BCUT2D eigenvalue weighted by Crippen LogP contribution is -2.82. The number of hydrogen-bond donors (Lipinski definition) is 2. The van der Waals surface area contributed by atoms with Crippen molar-refractivity contribution in [3.8, 4) is 5.75 Å². The summed E-state index contributed by atoms with van der Waals surface area (Å²) in [4.78, 5) is 51.4. The van der Waals surface area contributed by atoms with Gasteiger partial charge in [0.05, 0.1) is 4.92 Å². The number of nitrogens with zero attached hydrogens (tertiary/aromatic N) is 2. The highest BCUT2D eigenvalue weighted by molar-refractivity contribution is 8.00. The van der Waals surface area contributed by atoms with Gasteiger partial charge in [-0.2, -0.15) is 0 Å². The lowest BCUT2D eigenvalue weighted by molar-refractivity contribution is -0.384. The average Bonchev–Trinajstić information content (AvgIpc) is 3.49. The quantitative estimate of drug-likeness (QED) is 0.212. The first kappa shape index (κ1) is 25.7. The Morgan fingerprint density at radius 3 is 2.63 bits per heavy atom. The van der Waals surface area contributed by atoms with E-state index >= 15 is 0 Å². The zero-order valence-electron chi connectivity index (χ0n) is 20.3. The Labute approximate surface area is 222 Å². The van der Waals surface area contributed by atoms with E-state index in [2.05, 4.69) is 10.6 Å². The van der Waals surface area contributed by atoms with Crippen molar-refractivity contribution in [3.05, 3.63) is 82.0 Å². The fourth-order valence-corrected chi connectivity index (χ4v) is 6.40. The van der Waals surface area contributed by atoms with Gasteiger partial charge in [-0.25, -0.2) is 4.79 Å². The predicted octanol–water partition coefficient (Wildman–Crippen LogP) is 1.98. The minimum absolute atomic E-state index is 0.0601. The number of fused-ring (bicyclic) bond motifs is 1. The van der Waals surface area contributed by atoms with Crippen LogP contribution < -0.4 is 15.4 Å². The Morgan fingerprint density at radius 2 is 1.95 bits per heavy atom. The zero-order valence-corrected chi connectivity index (χ0v) is 21.1. The van der Waals surface area contributed by atoms with E-state index in [0.29, 0.717) is 30.0 Å². The molecule has 3 heterocycles. The molecule has 3 aliphatic heterocycles. The maximum absolute atomic E-state index is 13.7. The van der Waals surface area contributed by atoms with E-state index in [-0.39, 0.29) is 36.4 Å². The molecule has 3 atom stereocenters. The summed E-state index contributed by atoms with van der Waals surface area (Å²) in [5.41, 5.74) is -0.505. The summed E-state index contributed by atoms with van der Waals surface area (Å²) in [7, 11) is 0. The summed E-state index contributed by atoms with van der Waals surface area (Å²) in [6, 6.07) is 14.6. The second-order valence-electron chi connectivity index (χ2n) is 9.16. The second-order valence-corrected chi connectivity index (χ2v) is 10.3. The summed E-state index contributed by atoms with van der Waals surface area (Å²) in [5, 5.41) is 16.6. The van der Waals surface area contributed by atoms with E-state index in [1.165, 1.54) is 40.9 Å². The highest BCUT2D eigenvalue weighted by Crippen LogP contribution is 2.49. The Kier molecular flexibility index (Phi) is 7.34. The minimum Gasteiger partial charge on any atom is -0.484 e. The molecule has 0 saturated carbocycles. The molecule has 12 heteroatoms. The maximum Gasteiger partial charge on any atom is 0.355 e. The highest BCUT2D eigenvalue weighted by Gasteiger charge is 2.68. The van der Waals surface area contributed by atoms with Crippen LogP contribution >= 0.6 is 11.8 Å². The van der Waals surface area contributed by atoms with Crippen LogP contribution in [-0.4, -0.2) is 64.0 Å². The molecule has 11 nitrogen and oxygen atoms in total. The summed E-state index contributed by atoms with van der Waals surface area (Å²) in [6.07, 6.45) is 2.36. The van der Waals surface area contributed by atoms with Gasteiger partial charge < -0.3 is 20.1 Å². The highest BCUT2D eigenvalue weighted by atomic mass is 32.2. The van der Waals surface area contributed by atoms with Crippen molar-refractivity contribution in [2.24, 2.45) is 5.92 Å². The zero-order chi connectivity index (χ0) is 26.7. The molecule has 0 aliphatic carbocycles. The van der Waals surface area contributed by atoms with Gasteiger partial charge in [0.1, 0.15) is 23.4 Å². The topological polar surface area (TPSA) is 140 Å². The number of ether oxygens (including phenoxy) is 2. The molecule has 0 unspecified atom stereocenters. The van der Waals surface area contributed by atoms with E-state index in [1.54, 1.807) is 30.3 Å². The number of nitro groups is 1. The number of benzene rings is 2. The van der Waals surface area contributed by atoms with E-state index < -0.39 is 27.7 Å². The summed E-state index contributed by atoms with van der Waals surface area (Å²) in [5.74, 6) is -0.553. The molecule has 2 fully saturated rings. The van der Waals surface area contributed by atoms with Gasteiger partial charge in [-0.1, -0.05) is 18.2 Å².